The van der Waals surface area contributed by atoms with Crippen molar-refractivity contribution >= 4 is 33.5 Å². The number of carbonyl (C=O) groups is 2. The average Bonchev–Trinajstić information content (AvgIpc) is 2.87. The Morgan fingerprint density at radius 2 is 2.19 bits per heavy atom. The number of carboxylic acid groups (broad SMARTS) is 1. The molecule has 0 radical (unpaired) electrons. The standard InChI is InChI=1S/C12H12BrN5O3/c13-7-1-2-8(11(14)19)9(5-7)15-3-4-18-6-10(12(20)21)16-17-18/h1-2,5-6,15H,3-4H2,(H2,14,19)(H,20,21). The lowest BCUT2D eigenvalue weighted by Gasteiger charge is -2.10. The smallest absolute Gasteiger partial charge is 0.358 e. The van der Waals surface area contributed by atoms with Crippen molar-refractivity contribution in [2.75, 3.05) is 11.9 Å². The largest absolute Gasteiger partial charge is 0.476 e. The molecule has 1 aromatic carbocycles. The number of nitrogens with one attached hydrogen (secondary N) is 1. The zero-order valence-electron chi connectivity index (χ0n) is 10.8. The van der Waals surface area contributed by atoms with Crippen LogP contribution < -0.4 is 11.1 Å². The number of nitrogens with two attached hydrogens (primary N) is 1. The van der Waals surface area contributed by atoms with Crippen LogP contribution in [-0.2, 0) is 6.54 Å². The lowest BCUT2D eigenvalue weighted by molar-refractivity contribution is 0.0690. The molecule has 0 aliphatic heterocycles. The maximum absolute atomic E-state index is 11.3. The quantitative estimate of drug-likeness (QED) is 0.710. The normalized spacial score (nSPS) is 10.3. The van der Waals surface area contributed by atoms with E-state index in [-0.39, 0.29) is 5.69 Å². The van der Waals surface area contributed by atoms with Gasteiger partial charge in [0.2, 0.25) is 0 Å². The van der Waals surface area contributed by atoms with Gasteiger partial charge >= 0.3 is 5.97 Å². The highest BCUT2D eigenvalue weighted by Crippen LogP contribution is 2.21. The molecular weight excluding hydrogens is 342 g/mol. The molecule has 2 rings (SSSR count). The van der Waals surface area contributed by atoms with Crippen molar-refractivity contribution in [3.8, 4) is 0 Å². The highest BCUT2D eigenvalue weighted by molar-refractivity contribution is 9.10. The average molecular weight is 354 g/mol. The zero-order valence-corrected chi connectivity index (χ0v) is 12.4. The van der Waals surface area contributed by atoms with E-state index in [4.69, 9.17) is 10.8 Å². The number of primary amides is 1. The number of amides is 1. The molecule has 110 valence electrons. The molecule has 1 heterocycles. The van der Waals surface area contributed by atoms with E-state index in [1.165, 1.54) is 10.9 Å². The van der Waals surface area contributed by atoms with Crippen molar-refractivity contribution in [3.05, 3.63) is 40.1 Å². The molecule has 0 aliphatic rings. The molecule has 0 unspecified atom stereocenters. The number of halogens is 1. The monoisotopic (exact) mass is 353 g/mol. The van der Waals surface area contributed by atoms with E-state index in [1.54, 1.807) is 18.2 Å². The topological polar surface area (TPSA) is 123 Å². The second-order valence-corrected chi connectivity index (χ2v) is 5.07. The number of carboxylic acids is 1. The van der Waals surface area contributed by atoms with Crippen LogP contribution in [0.1, 0.15) is 20.8 Å². The summed E-state index contributed by atoms with van der Waals surface area (Å²) in [5.74, 6) is -1.66. The van der Waals surface area contributed by atoms with Gasteiger partial charge in [-0.25, -0.2) is 9.48 Å². The van der Waals surface area contributed by atoms with Gasteiger partial charge in [0.05, 0.1) is 18.3 Å². The van der Waals surface area contributed by atoms with Crippen molar-refractivity contribution in [2.24, 2.45) is 5.73 Å². The number of rotatable bonds is 6. The molecule has 2 aromatic rings. The number of nitrogens with zero attached hydrogens (tertiary/aromatic N) is 3. The van der Waals surface area contributed by atoms with Crippen LogP contribution in [0.2, 0.25) is 0 Å². The van der Waals surface area contributed by atoms with Gasteiger partial charge in [-0.05, 0) is 18.2 Å². The minimum Gasteiger partial charge on any atom is -0.476 e. The molecule has 8 nitrogen and oxygen atoms in total. The maximum atomic E-state index is 11.3. The third-order valence-electron chi connectivity index (χ3n) is 2.66. The van der Waals surface area contributed by atoms with Gasteiger partial charge in [0, 0.05) is 16.7 Å². The first-order valence-corrected chi connectivity index (χ1v) is 6.73. The van der Waals surface area contributed by atoms with Gasteiger partial charge in [0.15, 0.2) is 5.69 Å². The number of hydrogen-bond donors (Lipinski definition) is 3. The van der Waals surface area contributed by atoms with Crippen LogP contribution in [0, 0.1) is 0 Å². The van der Waals surface area contributed by atoms with Gasteiger partial charge < -0.3 is 16.2 Å². The number of anilines is 1. The lowest BCUT2D eigenvalue weighted by Crippen LogP contribution is -2.17. The summed E-state index contributed by atoms with van der Waals surface area (Å²) in [7, 11) is 0. The fourth-order valence-electron chi connectivity index (χ4n) is 1.69. The number of aromatic nitrogens is 3. The van der Waals surface area contributed by atoms with Crippen LogP contribution in [-0.4, -0.2) is 38.5 Å². The Hall–Kier alpha value is -2.42. The minimum absolute atomic E-state index is 0.115. The highest BCUT2D eigenvalue weighted by Gasteiger charge is 2.10. The summed E-state index contributed by atoms with van der Waals surface area (Å²) in [6.45, 7) is 0.824. The SMILES string of the molecule is NC(=O)c1ccc(Br)cc1NCCn1cc(C(=O)O)nn1. The molecule has 0 fully saturated rings. The van der Waals surface area contributed by atoms with Crippen molar-refractivity contribution < 1.29 is 14.7 Å². The van der Waals surface area contributed by atoms with Gasteiger partial charge in [-0.3, -0.25) is 4.79 Å². The van der Waals surface area contributed by atoms with Crippen molar-refractivity contribution in [2.45, 2.75) is 6.54 Å². The fourth-order valence-corrected chi connectivity index (χ4v) is 2.05. The third kappa shape index (κ3) is 3.78. The summed E-state index contributed by atoms with van der Waals surface area (Å²) < 4.78 is 2.21. The molecule has 1 amide bonds. The third-order valence-corrected chi connectivity index (χ3v) is 3.15. The molecule has 0 atom stereocenters. The maximum Gasteiger partial charge on any atom is 0.358 e. The fraction of sp³-hybridized carbons (Fsp3) is 0.167. The molecule has 0 bridgehead atoms. The van der Waals surface area contributed by atoms with E-state index in [1.807, 2.05) is 0 Å². The number of benzene rings is 1. The van der Waals surface area contributed by atoms with Crippen molar-refractivity contribution in [1.82, 2.24) is 15.0 Å². The van der Waals surface area contributed by atoms with E-state index in [0.29, 0.717) is 24.3 Å². The summed E-state index contributed by atoms with van der Waals surface area (Å²) in [6.07, 6.45) is 1.33. The molecule has 9 heteroatoms. The summed E-state index contributed by atoms with van der Waals surface area (Å²) in [5, 5.41) is 19.0. The first kappa shape index (κ1) is 15.0. The molecule has 0 aliphatic carbocycles. The molecule has 0 saturated carbocycles. The van der Waals surface area contributed by atoms with Crippen LogP contribution in [0.4, 0.5) is 5.69 Å². The van der Waals surface area contributed by atoms with Crippen LogP contribution in [0.15, 0.2) is 28.9 Å². The molecule has 1 aromatic heterocycles. The van der Waals surface area contributed by atoms with Crippen LogP contribution in [0.25, 0.3) is 0 Å². The Balaban J connectivity index is 2.01. The van der Waals surface area contributed by atoms with E-state index >= 15 is 0 Å². The highest BCUT2D eigenvalue weighted by atomic mass is 79.9. The Kier molecular flexibility index (Phi) is 4.53. The van der Waals surface area contributed by atoms with E-state index in [2.05, 4.69) is 31.6 Å². The van der Waals surface area contributed by atoms with Gasteiger partial charge in [0.1, 0.15) is 0 Å². The van der Waals surface area contributed by atoms with E-state index in [9.17, 15) is 9.59 Å². The number of carbonyl (C=O) groups excluding carboxylic acids is 1. The first-order chi connectivity index (χ1) is 9.97. The summed E-state index contributed by atoms with van der Waals surface area (Å²) in [6, 6.07) is 5.08. The van der Waals surface area contributed by atoms with Gasteiger partial charge in [0.25, 0.3) is 5.91 Å². The second kappa shape index (κ2) is 6.35. The summed E-state index contributed by atoms with van der Waals surface area (Å²) in [5.41, 5.74) is 6.15. The Morgan fingerprint density at radius 1 is 1.43 bits per heavy atom. The molecular formula is C12H12BrN5O3. The van der Waals surface area contributed by atoms with Gasteiger partial charge in [-0.15, -0.1) is 5.10 Å². The predicted octanol–water partition coefficient (Wildman–Crippen LogP) is 0.950. The van der Waals surface area contributed by atoms with Crippen LogP contribution >= 0.6 is 15.9 Å². The van der Waals surface area contributed by atoms with Gasteiger partial charge in [-0.2, -0.15) is 0 Å². The van der Waals surface area contributed by atoms with Crippen molar-refractivity contribution in [3.63, 3.8) is 0 Å². The van der Waals surface area contributed by atoms with Gasteiger partial charge in [-0.1, -0.05) is 21.1 Å². The zero-order chi connectivity index (χ0) is 15.4. The number of aromatic carboxylic acids is 1. The Labute approximate surface area is 128 Å². The van der Waals surface area contributed by atoms with E-state index < -0.39 is 11.9 Å². The van der Waals surface area contributed by atoms with Crippen molar-refractivity contribution in [1.29, 1.82) is 0 Å². The Bertz CT molecular complexity index is 685. The summed E-state index contributed by atoms with van der Waals surface area (Å²) in [4.78, 5) is 22.0. The summed E-state index contributed by atoms with van der Waals surface area (Å²) >= 11 is 3.32. The minimum atomic E-state index is -1.13. The number of hydrogen-bond acceptors (Lipinski definition) is 5. The molecule has 4 N–H and O–H groups in total. The lowest BCUT2D eigenvalue weighted by atomic mass is 10.1. The predicted molar refractivity (Wildman–Crippen MR) is 78.1 cm³/mol. The second-order valence-electron chi connectivity index (χ2n) is 4.15. The first-order valence-electron chi connectivity index (χ1n) is 5.94. The van der Waals surface area contributed by atoms with Crippen LogP contribution in [0.5, 0.6) is 0 Å². The van der Waals surface area contributed by atoms with Crippen LogP contribution in [0.3, 0.4) is 0 Å². The molecule has 0 saturated heterocycles. The van der Waals surface area contributed by atoms with E-state index in [0.717, 1.165) is 4.47 Å². The molecule has 0 spiro atoms. The molecule has 21 heavy (non-hydrogen) atoms. The Morgan fingerprint density at radius 3 is 2.81 bits per heavy atom.